The highest BCUT2D eigenvalue weighted by Gasteiger charge is 2.20. The van der Waals surface area contributed by atoms with Crippen molar-refractivity contribution in [2.75, 3.05) is 18.5 Å². The van der Waals surface area contributed by atoms with E-state index in [1.165, 1.54) is 19.3 Å². The van der Waals surface area contributed by atoms with Crippen molar-refractivity contribution in [3.8, 4) is 5.75 Å². The summed E-state index contributed by atoms with van der Waals surface area (Å²) < 4.78 is 5.37. The lowest BCUT2D eigenvalue weighted by atomic mass is 9.83. The Morgan fingerprint density at radius 1 is 1.33 bits per heavy atom. The Balaban J connectivity index is 1.79. The van der Waals surface area contributed by atoms with Gasteiger partial charge in [-0.15, -0.1) is 0 Å². The van der Waals surface area contributed by atoms with Gasteiger partial charge in [-0.05, 0) is 43.0 Å². The highest BCUT2D eigenvalue weighted by atomic mass is 16.5. The van der Waals surface area contributed by atoms with Crippen molar-refractivity contribution in [2.24, 2.45) is 11.7 Å². The van der Waals surface area contributed by atoms with E-state index in [4.69, 9.17) is 10.5 Å². The zero-order valence-corrected chi connectivity index (χ0v) is 10.5. The Bertz CT molecular complexity index is 385. The molecule has 0 atom stereocenters. The first-order valence-electron chi connectivity index (χ1n) is 6.50. The minimum atomic E-state index is 0.107. The molecule has 0 radical (unpaired) electrons. The lowest BCUT2D eigenvalue weighted by Crippen LogP contribution is -2.20. The van der Waals surface area contributed by atoms with Crippen LogP contribution in [0.4, 0.5) is 5.69 Å². The Hall–Kier alpha value is -1.55. The molecule has 3 N–H and O–H groups in total. The Morgan fingerprint density at radius 3 is 2.61 bits per heavy atom. The van der Waals surface area contributed by atoms with Crippen molar-refractivity contribution in [3.05, 3.63) is 24.3 Å². The lowest BCUT2D eigenvalue weighted by Gasteiger charge is -2.24. The molecule has 0 heterocycles. The summed E-state index contributed by atoms with van der Waals surface area (Å²) in [5.41, 5.74) is 6.17. The van der Waals surface area contributed by atoms with E-state index in [1.807, 2.05) is 24.3 Å². The van der Waals surface area contributed by atoms with E-state index in [9.17, 15) is 4.79 Å². The number of amides is 1. The number of carbonyl (C=O) groups excluding carboxylic acids is 1. The van der Waals surface area contributed by atoms with Gasteiger partial charge in [0.1, 0.15) is 12.4 Å². The van der Waals surface area contributed by atoms with Crippen molar-refractivity contribution in [2.45, 2.75) is 25.7 Å². The molecule has 0 aliphatic heterocycles. The number of nitrogens with one attached hydrogen (secondary N) is 1. The molecule has 1 aromatic rings. The first-order valence-corrected chi connectivity index (χ1v) is 6.50. The molecule has 4 heteroatoms. The van der Waals surface area contributed by atoms with Crippen LogP contribution in [0.3, 0.4) is 0 Å². The molecule has 0 aromatic heterocycles. The third kappa shape index (κ3) is 3.74. The van der Waals surface area contributed by atoms with Gasteiger partial charge in [-0.3, -0.25) is 4.79 Å². The van der Waals surface area contributed by atoms with Crippen LogP contribution in [-0.2, 0) is 4.79 Å². The monoisotopic (exact) mass is 248 g/mol. The van der Waals surface area contributed by atoms with Crippen LogP contribution in [0.25, 0.3) is 0 Å². The van der Waals surface area contributed by atoms with Gasteiger partial charge in [-0.25, -0.2) is 0 Å². The summed E-state index contributed by atoms with van der Waals surface area (Å²) in [6.45, 7) is 1.01. The van der Waals surface area contributed by atoms with Gasteiger partial charge in [0.05, 0.1) is 0 Å². The van der Waals surface area contributed by atoms with E-state index in [-0.39, 0.29) is 5.91 Å². The zero-order chi connectivity index (χ0) is 12.8. The lowest BCUT2D eigenvalue weighted by molar-refractivity contribution is -0.117. The van der Waals surface area contributed by atoms with Gasteiger partial charge in [0.25, 0.3) is 0 Å². The van der Waals surface area contributed by atoms with Crippen LogP contribution < -0.4 is 15.8 Å². The number of carbonyl (C=O) groups is 1. The van der Waals surface area contributed by atoms with Crippen LogP contribution in [0.15, 0.2) is 24.3 Å². The summed E-state index contributed by atoms with van der Waals surface area (Å²) in [4.78, 5) is 11.7. The highest BCUT2D eigenvalue weighted by molar-refractivity contribution is 5.90. The van der Waals surface area contributed by atoms with Crippen molar-refractivity contribution in [3.63, 3.8) is 0 Å². The smallest absolute Gasteiger partial charge is 0.224 e. The van der Waals surface area contributed by atoms with E-state index in [1.54, 1.807) is 0 Å². The number of hydrogen-bond acceptors (Lipinski definition) is 3. The van der Waals surface area contributed by atoms with Crippen LogP contribution >= 0.6 is 0 Å². The highest BCUT2D eigenvalue weighted by Crippen LogP contribution is 2.29. The molecule has 1 amide bonds. The Labute approximate surface area is 108 Å². The summed E-state index contributed by atoms with van der Waals surface area (Å²) in [6, 6.07) is 7.39. The van der Waals surface area contributed by atoms with Gasteiger partial charge in [0, 0.05) is 18.7 Å². The van der Waals surface area contributed by atoms with E-state index in [0.29, 0.717) is 25.5 Å². The van der Waals surface area contributed by atoms with Gasteiger partial charge in [0.2, 0.25) is 5.91 Å². The first-order chi connectivity index (χ1) is 8.78. The van der Waals surface area contributed by atoms with Crippen molar-refractivity contribution < 1.29 is 9.53 Å². The van der Waals surface area contributed by atoms with Crippen molar-refractivity contribution in [1.82, 2.24) is 0 Å². The molecule has 0 spiro atoms. The topological polar surface area (TPSA) is 64.3 Å². The molecule has 1 saturated carbocycles. The fourth-order valence-electron chi connectivity index (χ4n) is 1.98. The quantitative estimate of drug-likeness (QED) is 0.810. The number of rotatable bonds is 6. The molecular weight excluding hydrogens is 228 g/mol. The summed E-state index contributed by atoms with van der Waals surface area (Å²) in [5.74, 6) is 1.48. The second kappa shape index (κ2) is 6.40. The van der Waals surface area contributed by atoms with Crippen LogP contribution in [0.1, 0.15) is 25.7 Å². The predicted molar refractivity (Wildman–Crippen MR) is 71.6 cm³/mol. The molecule has 1 aliphatic rings. The average molecular weight is 248 g/mol. The fourth-order valence-corrected chi connectivity index (χ4v) is 1.98. The molecule has 1 aliphatic carbocycles. The summed E-state index contributed by atoms with van der Waals surface area (Å²) in [6.07, 6.45) is 4.30. The number of anilines is 1. The molecule has 98 valence electrons. The van der Waals surface area contributed by atoms with Crippen LogP contribution in [0, 0.1) is 5.92 Å². The molecule has 0 unspecified atom stereocenters. The molecule has 1 aromatic carbocycles. The minimum absolute atomic E-state index is 0.107. The Kier molecular flexibility index (Phi) is 4.59. The maximum absolute atomic E-state index is 11.7. The third-order valence-corrected chi connectivity index (χ3v) is 3.22. The molecule has 1 fully saturated rings. The largest absolute Gasteiger partial charge is 0.492 e. The normalized spacial score (nSPS) is 14.9. The molecular formula is C14H20N2O2. The molecule has 2 rings (SSSR count). The molecule has 4 nitrogen and oxygen atoms in total. The number of hydrogen-bond donors (Lipinski definition) is 2. The third-order valence-electron chi connectivity index (χ3n) is 3.22. The van der Waals surface area contributed by atoms with Gasteiger partial charge >= 0.3 is 0 Å². The predicted octanol–water partition coefficient (Wildman–Crippen LogP) is 2.15. The maximum atomic E-state index is 11.7. The van der Waals surface area contributed by atoms with Crippen molar-refractivity contribution in [1.29, 1.82) is 0 Å². The van der Waals surface area contributed by atoms with Gasteiger partial charge in [0.15, 0.2) is 0 Å². The maximum Gasteiger partial charge on any atom is 0.224 e. The SMILES string of the molecule is NCCOc1ccc(NC(=O)CC2CCC2)cc1. The Morgan fingerprint density at radius 2 is 2.06 bits per heavy atom. The van der Waals surface area contributed by atoms with Crippen molar-refractivity contribution >= 4 is 11.6 Å². The van der Waals surface area contributed by atoms with E-state index in [0.717, 1.165) is 11.4 Å². The summed E-state index contributed by atoms with van der Waals surface area (Å²) >= 11 is 0. The summed E-state index contributed by atoms with van der Waals surface area (Å²) in [7, 11) is 0. The summed E-state index contributed by atoms with van der Waals surface area (Å²) in [5, 5.41) is 2.91. The van der Waals surface area contributed by atoms with Gasteiger partial charge in [-0.2, -0.15) is 0 Å². The fraction of sp³-hybridized carbons (Fsp3) is 0.500. The number of nitrogens with two attached hydrogens (primary N) is 1. The molecule has 18 heavy (non-hydrogen) atoms. The standard InChI is InChI=1S/C14H20N2O2/c15-8-9-18-13-6-4-12(5-7-13)16-14(17)10-11-2-1-3-11/h4-7,11H,1-3,8-10,15H2,(H,16,17). The van der Waals surface area contributed by atoms with Gasteiger partial charge < -0.3 is 15.8 Å². The van der Waals surface area contributed by atoms with Gasteiger partial charge in [-0.1, -0.05) is 6.42 Å². The number of benzene rings is 1. The van der Waals surface area contributed by atoms with E-state index < -0.39 is 0 Å². The number of ether oxygens (including phenoxy) is 1. The van der Waals surface area contributed by atoms with E-state index >= 15 is 0 Å². The zero-order valence-electron chi connectivity index (χ0n) is 10.5. The first kappa shape index (κ1) is 12.9. The van der Waals surface area contributed by atoms with E-state index in [2.05, 4.69) is 5.32 Å². The minimum Gasteiger partial charge on any atom is -0.492 e. The van der Waals surface area contributed by atoms with Crippen LogP contribution in [0.2, 0.25) is 0 Å². The molecule has 0 saturated heterocycles. The van der Waals surface area contributed by atoms with Crippen LogP contribution in [0.5, 0.6) is 5.75 Å². The second-order valence-corrected chi connectivity index (χ2v) is 4.71. The average Bonchev–Trinajstić information content (AvgIpc) is 2.33. The van der Waals surface area contributed by atoms with Crippen LogP contribution in [-0.4, -0.2) is 19.1 Å². The second-order valence-electron chi connectivity index (χ2n) is 4.71. The molecule has 0 bridgehead atoms.